The molecule has 2 saturated carbocycles. The molecule has 3 aliphatic rings. The molecule has 1 aromatic rings. The number of hydrogen-bond acceptors (Lipinski definition) is 4. The van der Waals surface area contributed by atoms with Gasteiger partial charge in [-0.3, -0.25) is 9.69 Å². The Morgan fingerprint density at radius 3 is 2.54 bits per heavy atom. The third-order valence-electron chi connectivity index (χ3n) is 6.25. The molecule has 0 radical (unpaired) electrons. The molecule has 1 aromatic carbocycles. The second-order valence-electron chi connectivity index (χ2n) is 8.45. The molecule has 3 fully saturated rings. The van der Waals surface area contributed by atoms with Crippen LogP contribution in [0.15, 0.2) is 24.3 Å². The Hall–Kier alpha value is -1.59. The van der Waals surface area contributed by atoms with Gasteiger partial charge in [0.2, 0.25) is 5.91 Å². The minimum atomic E-state index is -0.692. The summed E-state index contributed by atoms with van der Waals surface area (Å²) in [4.78, 5) is 17.7. The molecule has 5 nitrogen and oxygen atoms in total. The van der Waals surface area contributed by atoms with Gasteiger partial charge in [0.25, 0.3) is 0 Å². The summed E-state index contributed by atoms with van der Waals surface area (Å²) in [6, 6.07) is 8.24. The fourth-order valence-corrected chi connectivity index (χ4v) is 4.30. The van der Waals surface area contributed by atoms with Crippen LogP contribution in [0.4, 0.5) is 11.4 Å². The number of carbonyl (C=O) groups excluding carboxylic acids is 1. The molecule has 2 aliphatic carbocycles. The molecule has 0 bridgehead atoms. The van der Waals surface area contributed by atoms with E-state index in [1.807, 2.05) is 12.1 Å². The van der Waals surface area contributed by atoms with Crippen molar-refractivity contribution in [2.24, 2.45) is 11.7 Å². The van der Waals surface area contributed by atoms with E-state index in [1.54, 1.807) is 0 Å². The van der Waals surface area contributed by atoms with Crippen molar-refractivity contribution < 1.29 is 4.79 Å². The Morgan fingerprint density at radius 2 is 1.85 bits per heavy atom. The van der Waals surface area contributed by atoms with Gasteiger partial charge < -0.3 is 16.0 Å². The summed E-state index contributed by atoms with van der Waals surface area (Å²) in [6.45, 7) is 5.68. The van der Waals surface area contributed by atoms with Crippen LogP contribution in [0.1, 0.15) is 44.9 Å². The van der Waals surface area contributed by atoms with E-state index >= 15 is 0 Å². The van der Waals surface area contributed by atoms with E-state index in [9.17, 15) is 4.79 Å². The van der Waals surface area contributed by atoms with Crippen molar-refractivity contribution in [3.05, 3.63) is 24.3 Å². The fourth-order valence-electron chi connectivity index (χ4n) is 4.30. The van der Waals surface area contributed by atoms with Gasteiger partial charge >= 0.3 is 0 Å². The monoisotopic (exact) mass is 356 g/mol. The van der Waals surface area contributed by atoms with Crippen LogP contribution in [0.2, 0.25) is 0 Å². The summed E-state index contributed by atoms with van der Waals surface area (Å²) < 4.78 is 0. The number of nitrogens with two attached hydrogens (primary N) is 1. The summed E-state index contributed by atoms with van der Waals surface area (Å²) in [5.41, 5.74) is 7.73. The number of carbonyl (C=O) groups is 1. The van der Waals surface area contributed by atoms with Crippen molar-refractivity contribution in [3.8, 4) is 0 Å². The minimum absolute atomic E-state index is 0.0244. The third-order valence-corrected chi connectivity index (χ3v) is 6.25. The highest BCUT2D eigenvalue weighted by molar-refractivity contribution is 5.98. The van der Waals surface area contributed by atoms with Crippen LogP contribution in [-0.4, -0.2) is 49.1 Å². The molecule has 1 saturated heterocycles. The molecule has 5 heteroatoms. The lowest BCUT2D eigenvalue weighted by Crippen LogP contribution is -2.52. The highest BCUT2D eigenvalue weighted by atomic mass is 16.2. The predicted octanol–water partition coefficient (Wildman–Crippen LogP) is 2.82. The van der Waals surface area contributed by atoms with E-state index in [-0.39, 0.29) is 5.91 Å². The molecule has 0 aromatic heterocycles. The highest BCUT2D eigenvalue weighted by Crippen LogP contribution is 2.31. The second-order valence-corrected chi connectivity index (χ2v) is 8.45. The molecule has 3 N–H and O–H groups in total. The smallest absolute Gasteiger partial charge is 0.244 e. The van der Waals surface area contributed by atoms with Crippen LogP contribution in [0, 0.1) is 5.92 Å². The van der Waals surface area contributed by atoms with Crippen LogP contribution in [0.25, 0.3) is 0 Å². The van der Waals surface area contributed by atoms with E-state index in [0.29, 0.717) is 0 Å². The minimum Gasteiger partial charge on any atom is -0.369 e. The van der Waals surface area contributed by atoms with Crippen molar-refractivity contribution in [2.45, 2.75) is 50.5 Å². The number of nitrogens with zero attached hydrogens (tertiary/aromatic N) is 2. The Kier molecular flexibility index (Phi) is 5.18. The molecule has 1 amide bonds. The van der Waals surface area contributed by atoms with Crippen LogP contribution in [-0.2, 0) is 4.79 Å². The normalized spacial score (nSPS) is 23.7. The van der Waals surface area contributed by atoms with E-state index < -0.39 is 5.54 Å². The zero-order valence-corrected chi connectivity index (χ0v) is 15.8. The van der Waals surface area contributed by atoms with Crippen LogP contribution < -0.4 is 16.0 Å². The Balaban J connectivity index is 1.35. The summed E-state index contributed by atoms with van der Waals surface area (Å²) in [7, 11) is 0. The number of anilines is 2. The van der Waals surface area contributed by atoms with Crippen molar-refractivity contribution in [2.75, 3.05) is 42.9 Å². The van der Waals surface area contributed by atoms with Gasteiger partial charge in [-0.25, -0.2) is 0 Å². The Morgan fingerprint density at radius 1 is 1.12 bits per heavy atom. The highest BCUT2D eigenvalue weighted by Gasteiger charge is 2.35. The number of nitrogens with one attached hydrogen (secondary N) is 1. The first-order valence-electron chi connectivity index (χ1n) is 10.3. The van der Waals surface area contributed by atoms with Crippen LogP contribution in [0.5, 0.6) is 0 Å². The van der Waals surface area contributed by atoms with Gasteiger partial charge in [0.05, 0.1) is 5.54 Å². The van der Waals surface area contributed by atoms with E-state index in [1.165, 1.54) is 31.5 Å². The predicted molar refractivity (Wildman–Crippen MR) is 106 cm³/mol. The first-order chi connectivity index (χ1) is 12.6. The molecule has 1 heterocycles. The maximum absolute atomic E-state index is 12.7. The number of hydrogen-bond donors (Lipinski definition) is 2. The van der Waals surface area contributed by atoms with E-state index in [2.05, 4.69) is 27.2 Å². The van der Waals surface area contributed by atoms with Crippen LogP contribution >= 0.6 is 0 Å². The Bertz CT molecular complexity index is 629. The zero-order chi connectivity index (χ0) is 18.0. The molecule has 0 spiro atoms. The van der Waals surface area contributed by atoms with E-state index in [4.69, 9.17) is 5.73 Å². The van der Waals surface area contributed by atoms with Gasteiger partial charge in [-0.15, -0.1) is 0 Å². The SMILES string of the molecule is NC1(C(=O)Nc2cccc(N3CCN(CC4CC4)CC3)c2)CCCCC1. The Labute approximate surface area is 156 Å². The summed E-state index contributed by atoms with van der Waals surface area (Å²) >= 11 is 0. The molecule has 26 heavy (non-hydrogen) atoms. The fraction of sp³-hybridized carbons (Fsp3) is 0.667. The number of benzene rings is 1. The largest absolute Gasteiger partial charge is 0.369 e. The molecule has 1 aliphatic heterocycles. The van der Waals surface area contributed by atoms with Gasteiger partial charge in [0, 0.05) is 44.1 Å². The molecule has 4 rings (SSSR count). The lowest BCUT2D eigenvalue weighted by Gasteiger charge is -2.36. The van der Waals surface area contributed by atoms with Gasteiger partial charge in [-0.05, 0) is 49.8 Å². The average Bonchev–Trinajstić information content (AvgIpc) is 3.47. The first kappa shape index (κ1) is 17.8. The molecular weight excluding hydrogens is 324 g/mol. The lowest BCUT2D eigenvalue weighted by atomic mass is 9.82. The lowest BCUT2D eigenvalue weighted by molar-refractivity contribution is -0.122. The van der Waals surface area contributed by atoms with E-state index in [0.717, 1.165) is 63.5 Å². The number of amides is 1. The molecule has 0 atom stereocenters. The summed E-state index contributed by atoms with van der Waals surface area (Å²) in [5.74, 6) is 0.937. The quantitative estimate of drug-likeness (QED) is 0.852. The van der Waals surface area contributed by atoms with Gasteiger partial charge in [0.1, 0.15) is 0 Å². The first-order valence-corrected chi connectivity index (χ1v) is 10.3. The van der Waals surface area contributed by atoms with Crippen molar-refractivity contribution in [1.29, 1.82) is 0 Å². The van der Waals surface area contributed by atoms with Crippen LogP contribution in [0.3, 0.4) is 0 Å². The topological polar surface area (TPSA) is 61.6 Å². The maximum Gasteiger partial charge on any atom is 0.244 e. The van der Waals surface area contributed by atoms with Crippen molar-refractivity contribution >= 4 is 17.3 Å². The summed E-state index contributed by atoms with van der Waals surface area (Å²) in [6.07, 6.45) is 7.72. The average molecular weight is 357 g/mol. The third kappa shape index (κ3) is 4.21. The maximum atomic E-state index is 12.7. The zero-order valence-electron chi connectivity index (χ0n) is 15.8. The van der Waals surface area contributed by atoms with Gasteiger partial charge in [-0.2, -0.15) is 0 Å². The van der Waals surface area contributed by atoms with Gasteiger partial charge in [0.15, 0.2) is 0 Å². The summed E-state index contributed by atoms with van der Waals surface area (Å²) in [5, 5.41) is 3.07. The molecule has 142 valence electrons. The number of piperazine rings is 1. The number of rotatable bonds is 5. The standard InChI is InChI=1S/C21H32N4O/c22-21(9-2-1-3-10-21)20(26)23-18-5-4-6-19(15-18)25-13-11-24(12-14-25)16-17-7-8-17/h4-6,15,17H,1-3,7-14,16,22H2,(H,23,26). The van der Waals surface area contributed by atoms with Crippen molar-refractivity contribution in [1.82, 2.24) is 4.90 Å². The second kappa shape index (κ2) is 7.57. The van der Waals surface area contributed by atoms with Crippen molar-refractivity contribution in [3.63, 3.8) is 0 Å². The molecular formula is C21H32N4O. The van der Waals surface area contributed by atoms with Gasteiger partial charge in [-0.1, -0.05) is 25.3 Å². The molecule has 0 unspecified atom stereocenters.